The monoisotopic (exact) mass is 412 g/mol. The molecule has 9 heteroatoms. The fraction of sp³-hybridized carbons (Fsp3) is 0.238. The number of nitrogens with zero attached hydrogens (tertiary/aromatic N) is 1. The second-order valence-electron chi connectivity index (χ2n) is 6.37. The van der Waals surface area contributed by atoms with Gasteiger partial charge in [-0.1, -0.05) is 12.1 Å². The van der Waals surface area contributed by atoms with Gasteiger partial charge in [-0.3, -0.25) is 14.4 Å². The highest BCUT2D eigenvalue weighted by Gasteiger charge is 2.14. The number of hydrogen-bond acceptors (Lipinski definition) is 6. The lowest BCUT2D eigenvalue weighted by molar-refractivity contribution is -0.136. The van der Waals surface area contributed by atoms with Crippen molar-refractivity contribution in [2.24, 2.45) is 10.8 Å². The molecule has 2 rings (SSSR count). The molecule has 2 aromatic rings. The number of benzene rings is 2. The average Bonchev–Trinajstić information content (AvgIpc) is 2.70. The van der Waals surface area contributed by atoms with Gasteiger partial charge in [-0.25, -0.2) is 5.43 Å². The maximum atomic E-state index is 12.1. The summed E-state index contributed by atoms with van der Waals surface area (Å²) >= 11 is 0. The summed E-state index contributed by atoms with van der Waals surface area (Å²) in [4.78, 5) is 34.9. The summed E-state index contributed by atoms with van der Waals surface area (Å²) in [5, 5.41) is 6.35. The first-order valence-corrected chi connectivity index (χ1v) is 9.19. The largest absolute Gasteiger partial charge is 0.490 e. The molecule has 0 aliphatic rings. The number of primary amides is 1. The molecule has 0 bridgehead atoms. The number of hydrazone groups is 1. The van der Waals surface area contributed by atoms with Crippen molar-refractivity contribution in [3.63, 3.8) is 0 Å². The molecule has 30 heavy (non-hydrogen) atoms. The minimum absolute atomic E-state index is 0.279. The van der Waals surface area contributed by atoms with E-state index >= 15 is 0 Å². The summed E-state index contributed by atoms with van der Waals surface area (Å²) in [6, 6.07) is 10.4. The number of nitrogens with two attached hydrogens (primary N) is 1. The molecule has 0 spiro atoms. The Morgan fingerprint density at radius 3 is 2.50 bits per heavy atom. The van der Waals surface area contributed by atoms with Crippen LogP contribution in [0, 0.1) is 13.8 Å². The van der Waals surface area contributed by atoms with Crippen LogP contribution in [0.25, 0.3) is 0 Å². The van der Waals surface area contributed by atoms with E-state index < -0.39 is 17.7 Å². The van der Waals surface area contributed by atoms with Crippen molar-refractivity contribution < 1.29 is 23.9 Å². The van der Waals surface area contributed by atoms with E-state index in [1.807, 2.05) is 26.0 Å². The highest BCUT2D eigenvalue weighted by Crippen LogP contribution is 2.28. The molecule has 0 unspecified atom stereocenters. The van der Waals surface area contributed by atoms with Crippen LogP contribution in [0.5, 0.6) is 11.5 Å². The van der Waals surface area contributed by atoms with Gasteiger partial charge in [0.05, 0.1) is 12.8 Å². The van der Waals surface area contributed by atoms with Crippen molar-refractivity contribution in [1.29, 1.82) is 0 Å². The molecular formula is C21H24N4O5. The quantitative estimate of drug-likeness (QED) is 0.345. The van der Waals surface area contributed by atoms with Crippen molar-refractivity contribution in [1.82, 2.24) is 5.43 Å². The second-order valence-corrected chi connectivity index (χ2v) is 6.37. The van der Waals surface area contributed by atoms with Crippen molar-refractivity contribution >= 4 is 29.6 Å². The number of ether oxygens (including phenoxy) is 2. The summed E-state index contributed by atoms with van der Waals surface area (Å²) in [6.07, 6.45) is 1.35. The van der Waals surface area contributed by atoms with Gasteiger partial charge in [0.15, 0.2) is 18.1 Å². The molecule has 2 aromatic carbocycles. The summed E-state index contributed by atoms with van der Waals surface area (Å²) in [6.45, 7) is 5.62. The van der Waals surface area contributed by atoms with E-state index in [0.717, 1.165) is 11.1 Å². The van der Waals surface area contributed by atoms with Gasteiger partial charge < -0.3 is 20.5 Å². The van der Waals surface area contributed by atoms with Crippen LogP contribution in [-0.4, -0.2) is 37.1 Å². The van der Waals surface area contributed by atoms with Crippen molar-refractivity contribution in [3.05, 3.63) is 53.1 Å². The number of rotatable bonds is 8. The van der Waals surface area contributed by atoms with E-state index in [1.165, 1.54) is 6.21 Å². The Balaban J connectivity index is 2.00. The molecule has 0 fully saturated rings. The zero-order valence-electron chi connectivity index (χ0n) is 17.0. The van der Waals surface area contributed by atoms with Crippen LogP contribution < -0.4 is 25.9 Å². The molecule has 158 valence electrons. The number of aryl methyl sites for hydroxylation is 2. The van der Waals surface area contributed by atoms with E-state index in [0.29, 0.717) is 29.4 Å². The number of carbonyl (C=O) groups excluding carboxylic acids is 3. The number of anilines is 1. The van der Waals surface area contributed by atoms with Crippen LogP contribution in [-0.2, 0) is 14.4 Å². The summed E-state index contributed by atoms with van der Waals surface area (Å²) in [7, 11) is 0. The van der Waals surface area contributed by atoms with Crippen molar-refractivity contribution in [2.75, 3.05) is 18.5 Å². The highest BCUT2D eigenvalue weighted by atomic mass is 16.5. The predicted octanol–water partition coefficient (Wildman–Crippen LogP) is 1.66. The third-order valence-electron chi connectivity index (χ3n) is 3.86. The van der Waals surface area contributed by atoms with Crippen LogP contribution in [0.15, 0.2) is 41.5 Å². The van der Waals surface area contributed by atoms with Gasteiger partial charge in [-0.15, -0.1) is 0 Å². The van der Waals surface area contributed by atoms with Crippen LogP contribution >= 0.6 is 0 Å². The molecule has 0 saturated carbocycles. The Morgan fingerprint density at radius 2 is 1.80 bits per heavy atom. The molecule has 0 heterocycles. The first-order valence-electron chi connectivity index (χ1n) is 9.19. The lowest BCUT2D eigenvalue weighted by atomic mass is 10.1. The maximum Gasteiger partial charge on any atom is 0.329 e. The minimum atomic E-state index is -0.904. The van der Waals surface area contributed by atoms with E-state index in [9.17, 15) is 14.4 Å². The molecule has 0 saturated heterocycles. The Labute approximate surface area is 174 Å². The number of carbonyl (C=O) groups is 3. The number of hydrogen-bond donors (Lipinski definition) is 3. The normalized spacial score (nSPS) is 10.5. The zero-order valence-corrected chi connectivity index (χ0v) is 17.0. The minimum Gasteiger partial charge on any atom is -0.490 e. The van der Waals surface area contributed by atoms with E-state index in [2.05, 4.69) is 15.8 Å². The van der Waals surface area contributed by atoms with E-state index in [1.54, 1.807) is 31.2 Å². The number of amides is 3. The first-order chi connectivity index (χ1) is 14.3. The standard InChI is InChI=1S/C21H24N4O5/c1-4-29-18-10-15(7-8-17(18)30-12-19(22)26)11-23-25-21(28)20(27)24-16-9-13(2)5-6-14(16)3/h5-11H,4,12H2,1-3H3,(H2,22,26)(H,24,27)(H,25,28)/b23-11+. The molecule has 0 aromatic heterocycles. The van der Waals surface area contributed by atoms with Crippen LogP contribution in [0.1, 0.15) is 23.6 Å². The van der Waals surface area contributed by atoms with Gasteiger partial charge in [0.2, 0.25) is 0 Å². The molecule has 3 amide bonds. The van der Waals surface area contributed by atoms with Gasteiger partial charge in [0.25, 0.3) is 5.91 Å². The zero-order chi connectivity index (χ0) is 22.1. The average molecular weight is 412 g/mol. The SMILES string of the molecule is CCOc1cc(/C=N/NC(=O)C(=O)Nc2cc(C)ccc2C)ccc1OCC(N)=O. The van der Waals surface area contributed by atoms with Crippen LogP contribution in [0.2, 0.25) is 0 Å². The fourth-order valence-corrected chi connectivity index (χ4v) is 2.41. The van der Waals surface area contributed by atoms with Crippen molar-refractivity contribution in [2.45, 2.75) is 20.8 Å². The van der Waals surface area contributed by atoms with E-state index in [-0.39, 0.29) is 6.61 Å². The van der Waals surface area contributed by atoms with Crippen LogP contribution in [0.3, 0.4) is 0 Å². The predicted molar refractivity (Wildman–Crippen MR) is 113 cm³/mol. The van der Waals surface area contributed by atoms with Gasteiger partial charge in [0, 0.05) is 5.69 Å². The lowest BCUT2D eigenvalue weighted by Gasteiger charge is -2.11. The smallest absolute Gasteiger partial charge is 0.329 e. The second kappa shape index (κ2) is 10.6. The van der Waals surface area contributed by atoms with Crippen molar-refractivity contribution in [3.8, 4) is 11.5 Å². The fourth-order valence-electron chi connectivity index (χ4n) is 2.41. The third kappa shape index (κ3) is 6.62. The molecule has 0 radical (unpaired) electrons. The first kappa shape index (κ1) is 22.4. The van der Waals surface area contributed by atoms with Gasteiger partial charge >= 0.3 is 11.8 Å². The lowest BCUT2D eigenvalue weighted by Crippen LogP contribution is -2.32. The highest BCUT2D eigenvalue weighted by molar-refractivity contribution is 6.39. The summed E-state index contributed by atoms with van der Waals surface area (Å²) in [5.74, 6) is -1.60. The Kier molecular flexibility index (Phi) is 7.92. The summed E-state index contributed by atoms with van der Waals surface area (Å²) < 4.78 is 10.8. The van der Waals surface area contributed by atoms with Gasteiger partial charge in [-0.2, -0.15) is 5.10 Å². The maximum absolute atomic E-state index is 12.1. The van der Waals surface area contributed by atoms with Crippen LogP contribution in [0.4, 0.5) is 5.69 Å². The molecule has 0 aliphatic heterocycles. The topological polar surface area (TPSA) is 132 Å². The Bertz CT molecular complexity index is 972. The van der Waals surface area contributed by atoms with Gasteiger partial charge in [0.1, 0.15) is 0 Å². The third-order valence-corrected chi connectivity index (χ3v) is 3.86. The summed E-state index contributed by atoms with van der Waals surface area (Å²) in [5.41, 5.74) is 10.2. The molecule has 9 nitrogen and oxygen atoms in total. The molecular weight excluding hydrogens is 388 g/mol. The molecule has 4 N–H and O–H groups in total. The molecule has 0 atom stereocenters. The van der Waals surface area contributed by atoms with E-state index in [4.69, 9.17) is 15.2 Å². The Hall–Kier alpha value is -3.88. The van der Waals surface area contributed by atoms with Gasteiger partial charge in [-0.05, 0) is 61.7 Å². The molecule has 0 aliphatic carbocycles. The number of nitrogens with one attached hydrogen (secondary N) is 2. The Morgan fingerprint density at radius 1 is 1.03 bits per heavy atom.